The highest BCUT2D eigenvalue weighted by atomic mass is 19.1. The van der Waals surface area contributed by atoms with Gasteiger partial charge in [0.25, 0.3) is 5.91 Å². The number of morpholine rings is 1. The molecule has 2 heterocycles. The van der Waals surface area contributed by atoms with Crippen LogP contribution in [0.1, 0.15) is 28.8 Å². The fourth-order valence-electron chi connectivity index (χ4n) is 4.20. The monoisotopic (exact) mass is 440 g/mol. The molecule has 2 saturated heterocycles. The van der Waals surface area contributed by atoms with Crippen molar-refractivity contribution < 1.29 is 23.5 Å². The number of rotatable bonds is 6. The van der Waals surface area contributed by atoms with Crippen LogP contribution in [0.2, 0.25) is 0 Å². The highest BCUT2D eigenvalue weighted by Gasteiger charge is 2.25. The second-order valence-electron chi connectivity index (χ2n) is 8.36. The maximum absolute atomic E-state index is 13.9. The van der Waals surface area contributed by atoms with Gasteiger partial charge in [-0.25, -0.2) is 4.39 Å². The van der Waals surface area contributed by atoms with Gasteiger partial charge >= 0.3 is 0 Å². The molecule has 2 fully saturated rings. The summed E-state index contributed by atoms with van der Waals surface area (Å²) >= 11 is 0. The Kier molecular flexibility index (Phi) is 7.37. The zero-order chi connectivity index (χ0) is 22.3. The lowest BCUT2D eigenvalue weighted by atomic mass is 9.98. The molecule has 0 N–H and O–H groups in total. The molecule has 2 aromatic rings. The van der Waals surface area contributed by atoms with Gasteiger partial charge in [-0.05, 0) is 48.7 Å². The van der Waals surface area contributed by atoms with Gasteiger partial charge in [0.15, 0.2) is 0 Å². The Hall–Kier alpha value is -2.93. The van der Waals surface area contributed by atoms with Crippen molar-refractivity contribution in [2.75, 3.05) is 46.0 Å². The molecule has 0 unspecified atom stereocenters. The number of carbonyl (C=O) groups is 2. The van der Waals surface area contributed by atoms with Crippen LogP contribution in [0.25, 0.3) is 0 Å². The number of nitrogens with zero attached hydrogens (tertiary/aromatic N) is 2. The highest BCUT2D eigenvalue weighted by molar-refractivity contribution is 5.94. The van der Waals surface area contributed by atoms with E-state index in [2.05, 4.69) is 0 Å². The van der Waals surface area contributed by atoms with E-state index in [9.17, 15) is 14.0 Å². The lowest BCUT2D eigenvalue weighted by Crippen LogP contribution is -2.42. The minimum absolute atomic E-state index is 0.0103. The topological polar surface area (TPSA) is 59.1 Å². The minimum Gasteiger partial charge on any atom is -0.493 e. The number of benzene rings is 2. The summed E-state index contributed by atoms with van der Waals surface area (Å²) in [5.74, 6) is 0.552. The van der Waals surface area contributed by atoms with Gasteiger partial charge in [-0.2, -0.15) is 0 Å². The largest absolute Gasteiger partial charge is 0.493 e. The van der Waals surface area contributed by atoms with Crippen molar-refractivity contribution in [2.24, 2.45) is 5.92 Å². The molecule has 2 amide bonds. The normalized spacial score (nSPS) is 19.0. The average Bonchev–Trinajstić information content (AvgIpc) is 2.85. The van der Waals surface area contributed by atoms with E-state index >= 15 is 0 Å². The second-order valence-corrected chi connectivity index (χ2v) is 8.36. The number of likely N-dealkylation sites (tertiary alicyclic amines) is 1. The summed E-state index contributed by atoms with van der Waals surface area (Å²) in [6.45, 7) is 4.20. The Labute approximate surface area is 187 Å². The summed E-state index contributed by atoms with van der Waals surface area (Å²) in [7, 11) is 0. The maximum Gasteiger partial charge on any atom is 0.254 e. The lowest BCUT2D eigenvalue weighted by molar-refractivity contribution is -0.132. The number of hydrogen-bond acceptors (Lipinski definition) is 4. The molecule has 0 spiro atoms. The van der Waals surface area contributed by atoms with Crippen LogP contribution >= 0.6 is 0 Å². The predicted octanol–water partition coefficient (Wildman–Crippen LogP) is 3.16. The van der Waals surface area contributed by atoms with Gasteiger partial charge in [-0.3, -0.25) is 9.59 Å². The van der Waals surface area contributed by atoms with Crippen molar-refractivity contribution in [1.29, 1.82) is 0 Å². The first kappa shape index (κ1) is 22.3. The molecule has 0 saturated carbocycles. The van der Waals surface area contributed by atoms with Gasteiger partial charge in [0.05, 0.1) is 26.2 Å². The fraction of sp³-hybridized carbons (Fsp3) is 0.440. The standard InChI is InChI=1S/C25H29FN2O4/c26-23-6-2-1-5-21(23)16-24(29)28-11-3-4-19(17-28)18-32-22-9-7-20(8-10-22)25(30)27-12-14-31-15-13-27/h1-2,5-10,19H,3-4,11-18H2/t19-/m0/s1. The molecule has 4 rings (SSSR count). The Morgan fingerprint density at radius 3 is 2.50 bits per heavy atom. The summed E-state index contributed by atoms with van der Waals surface area (Å²) in [5.41, 5.74) is 1.07. The van der Waals surface area contributed by atoms with Gasteiger partial charge in [0, 0.05) is 37.7 Å². The van der Waals surface area contributed by atoms with Crippen LogP contribution in [0.3, 0.4) is 0 Å². The van der Waals surface area contributed by atoms with E-state index in [4.69, 9.17) is 9.47 Å². The van der Waals surface area contributed by atoms with Crippen LogP contribution in [0.5, 0.6) is 5.75 Å². The second kappa shape index (κ2) is 10.6. The molecule has 2 aliphatic heterocycles. The lowest BCUT2D eigenvalue weighted by Gasteiger charge is -2.32. The van der Waals surface area contributed by atoms with Gasteiger partial charge < -0.3 is 19.3 Å². The highest BCUT2D eigenvalue weighted by Crippen LogP contribution is 2.21. The molecule has 170 valence electrons. The Bertz CT molecular complexity index is 928. The molecule has 6 nitrogen and oxygen atoms in total. The molecule has 0 aromatic heterocycles. The van der Waals surface area contributed by atoms with Crippen LogP contribution in [-0.4, -0.2) is 67.6 Å². The maximum atomic E-state index is 13.9. The van der Waals surface area contributed by atoms with Crippen molar-refractivity contribution >= 4 is 11.8 Å². The van der Waals surface area contributed by atoms with Crippen molar-refractivity contribution in [2.45, 2.75) is 19.3 Å². The van der Waals surface area contributed by atoms with E-state index in [0.29, 0.717) is 62.9 Å². The van der Waals surface area contributed by atoms with Gasteiger partial charge in [0.2, 0.25) is 5.91 Å². The summed E-state index contributed by atoms with van der Waals surface area (Å²) in [5, 5.41) is 0. The van der Waals surface area contributed by atoms with Crippen molar-refractivity contribution in [1.82, 2.24) is 9.80 Å². The van der Waals surface area contributed by atoms with Gasteiger partial charge in [0.1, 0.15) is 11.6 Å². The van der Waals surface area contributed by atoms with Crippen LogP contribution in [-0.2, 0) is 16.0 Å². The molecular weight excluding hydrogens is 411 g/mol. The Balaban J connectivity index is 1.26. The first-order valence-corrected chi connectivity index (χ1v) is 11.2. The zero-order valence-electron chi connectivity index (χ0n) is 18.2. The third-order valence-corrected chi connectivity index (χ3v) is 6.06. The molecule has 0 aliphatic carbocycles. The molecular formula is C25H29FN2O4. The summed E-state index contributed by atoms with van der Waals surface area (Å²) < 4.78 is 25.1. The SMILES string of the molecule is O=C(Cc1ccccc1F)N1CCC[C@H](COc2ccc(C(=O)N3CCOCC3)cc2)C1. The zero-order valence-corrected chi connectivity index (χ0v) is 18.2. The third-order valence-electron chi connectivity index (χ3n) is 6.06. The third kappa shape index (κ3) is 5.65. The summed E-state index contributed by atoms with van der Waals surface area (Å²) in [6.07, 6.45) is 1.97. The van der Waals surface area contributed by atoms with Gasteiger partial charge in [-0.1, -0.05) is 18.2 Å². The molecule has 0 radical (unpaired) electrons. The van der Waals surface area contributed by atoms with E-state index in [1.165, 1.54) is 6.07 Å². The quantitative estimate of drug-likeness (QED) is 0.693. The number of ether oxygens (including phenoxy) is 2. The van der Waals surface area contributed by atoms with Crippen LogP contribution in [0, 0.1) is 11.7 Å². The molecule has 2 aliphatic rings. The minimum atomic E-state index is -0.340. The Morgan fingerprint density at radius 2 is 1.75 bits per heavy atom. The fourth-order valence-corrected chi connectivity index (χ4v) is 4.20. The number of carbonyl (C=O) groups excluding carboxylic acids is 2. The molecule has 32 heavy (non-hydrogen) atoms. The number of halogens is 1. The van der Waals surface area contributed by atoms with Crippen LogP contribution in [0.15, 0.2) is 48.5 Å². The van der Waals surface area contributed by atoms with Crippen molar-refractivity contribution in [3.8, 4) is 5.75 Å². The van der Waals surface area contributed by atoms with E-state index < -0.39 is 0 Å². The van der Waals surface area contributed by atoms with Crippen molar-refractivity contribution in [3.63, 3.8) is 0 Å². The molecule has 7 heteroatoms. The average molecular weight is 441 g/mol. The molecule has 0 bridgehead atoms. The van der Waals surface area contributed by atoms with E-state index in [1.807, 2.05) is 17.0 Å². The summed E-state index contributed by atoms with van der Waals surface area (Å²) in [4.78, 5) is 28.8. The first-order chi connectivity index (χ1) is 15.6. The number of hydrogen-bond donors (Lipinski definition) is 0. The van der Waals surface area contributed by atoms with Gasteiger partial charge in [-0.15, -0.1) is 0 Å². The van der Waals surface area contributed by atoms with Crippen molar-refractivity contribution in [3.05, 3.63) is 65.5 Å². The van der Waals surface area contributed by atoms with Crippen LogP contribution in [0.4, 0.5) is 4.39 Å². The Morgan fingerprint density at radius 1 is 1.00 bits per heavy atom. The van der Waals surface area contributed by atoms with E-state index in [0.717, 1.165) is 12.8 Å². The number of amides is 2. The first-order valence-electron chi connectivity index (χ1n) is 11.2. The number of piperidine rings is 1. The smallest absolute Gasteiger partial charge is 0.254 e. The van der Waals surface area contributed by atoms with Crippen LogP contribution < -0.4 is 4.74 Å². The predicted molar refractivity (Wildman–Crippen MR) is 118 cm³/mol. The van der Waals surface area contributed by atoms with E-state index in [1.54, 1.807) is 35.2 Å². The molecule has 2 aromatic carbocycles. The summed E-state index contributed by atoms with van der Waals surface area (Å²) in [6, 6.07) is 13.6. The van der Waals surface area contributed by atoms with E-state index in [-0.39, 0.29) is 30.0 Å². The molecule has 1 atom stereocenters.